The van der Waals surface area contributed by atoms with Gasteiger partial charge in [-0.3, -0.25) is 9.59 Å². The van der Waals surface area contributed by atoms with Crippen molar-refractivity contribution in [2.24, 2.45) is 0 Å². The van der Waals surface area contributed by atoms with Crippen LogP contribution in [0, 0.1) is 12.3 Å². The lowest BCUT2D eigenvalue weighted by atomic mass is 10.0. The molecule has 0 aromatic heterocycles. The van der Waals surface area contributed by atoms with Gasteiger partial charge in [0.15, 0.2) is 0 Å². The molecule has 1 aromatic carbocycles. The Kier molecular flexibility index (Phi) is 10.2. The SMILES string of the molecule is C#Cc1ccc(C(C(=O)NC(C)C)N(CCO)C(=O)C(CO)NC(=O)OC(C)(C)C)cc1. The molecule has 0 saturated heterocycles. The monoisotopic (exact) mass is 447 g/mol. The number of amides is 3. The summed E-state index contributed by atoms with van der Waals surface area (Å²) in [6, 6.07) is 3.78. The van der Waals surface area contributed by atoms with Gasteiger partial charge >= 0.3 is 6.09 Å². The summed E-state index contributed by atoms with van der Waals surface area (Å²) in [7, 11) is 0. The molecule has 0 aliphatic heterocycles. The van der Waals surface area contributed by atoms with Crippen molar-refractivity contribution in [3.8, 4) is 12.3 Å². The Labute approximate surface area is 189 Å². The normalized spacial score (nSPS) is 13.0. The summed E-state index contributed by atoms with van der Waals surface area (Å²) in [6.45, 7) is 7.15. The number of carbonyl (C=O) groups is 3. The number of benzene rings is 1. The Morgan fingerprint density at radius 2 is 1.72 bits per heavy atom. The Hall–Kier alpha value is -3.09. The Morgan fingerprint density at radius 3 is 2.16 bits per heavy atom. The number of terminal acetylenes is 1. The first-order chi connectivity index (χ1) is 14.9. The average Bonchev–Trinajstić information content (AvgIpc) is 2.69. The van der Waals surface area contributed by atoms with Crippen LogP contribution >= 0.6 is 0 Å². The van der Waals surface area contributed by atoms with Gasteiger partial charge < -0.3 is 30.5 Å². The number of nitrogens with one attached hydrogen (secondary N) is 2. The quantitative estimate of drug-likeness (QED) is 0.417. The van der Waals surface area contributed by atoms with E-state index in [1.807, 2.05) is 0 Å². The lowest BCUT2D eigenvalue weighted by Gasteiger charge is -2.34. The van der Waals surface area contributed by atoms with Gasteiger partial charge in [-0.05, 0) is 52.3 Å². The van der Waals surface area contributed by atoms with Crippen molar-refractivity contribution in [2.45, 2.75) is 58.3 Å². The van der Waals surface area contributed by atoms with E-state index in [4.69, 9.17) is 11.2 Å². The van der Waals surface area contributed by atoms with E-state index in [1.54, 1.807) is 58.9 Å². The van der Waals surface area contributed by atoms with Gasteiger partial charge in [-0.25, -0.2) is 4.79 Å². The molecule has 9 heteroatoms. The number of hydrogen-bond donors (Lipinski definition) is 4. The highest BCUT2D eigenvalue weighted by atomic mass is 16.6. The van der Waals surface area contributed by atoms with E-state index in [-0.39, 0.29) is 12.6 Å². The maximum atomic E-state index is 13.3. The first-order valence-corrected chi connectivity index (χ1v) is 10.3. The number of aliphatic hydroxyl groups is 2. The highest BCUT2D eigenvalue weighted by Gasteiger charge is 2.36. The fourth-order valence-corrected chi connectivity index (χ4v) is 2.91. The maximum absolute atomic E-state index is 13.3. The molecular formula is C23H33N3O6. The predicted molar refractivity (Wildman–Crippen MR) is 119 cm³/mol. The van der Waals surface area contributed by atoms with Crippen LogP contribution in [-0.2, 0) is 14.3 Å². The number of aliphatic hydroxyl groups excluding tert-OH is 2. The van der Waals surface area contributed by atoms with E-state index in [0.717, 1.165) is 4.90 Å². The minimum atomic E-state index is -1.38. The second kappa shape index (κ2) is 12.1. The van der Waals surface area contributed by atoms with Crippen LogP contribution < -0.4 is 10.6 Å². The molecule has 3 amide bonds. The average molecular weight is 448 g/mol. The largest absolute Gasteiger partial charge is 0.444 e. The van der Waals surface area contributed by atoms with Gasteiger partial charge in [-0.1, -0.05) is 18.1 Å². The van der Waals surface area contributed by atoms with Gasteiger partial charge in [0.25, 0.3) is 0 Å². The highest BCUT2D eigenvalue weighted by molar-refractivity contribution is 5.92. The smallest absolute Gasteiger partial charge is 0.408 e. The van der Waals surface area contributed by atoms with E-state index in [0.29, 0.717) is 11.1 Å². The second-order valence-electron chi connectivity index (χ2n) is 8.47. The van der Waals surface area contributed by atoms with Gasteiger partial charge in [0.1, 0.15) is 17.7 Å². The second-order valence-corrected chi connectivity index (χ2v) is 8.47. The molecule has 0 aliphatic rings. The molecule has 0 saturated carbocycles. The molecule has 1 rings (SSSR count). The molecule has 0 fully saturated rings. The van der Waals surface area contributed by atoms with Crippen LogP contribution in [0.4, 0.5) is 4.79 Å². The Balaban J connectivity index is 3.32. The van der Waals surface area contributed by atoms with Crippen molar-refractivity contribution in [3.05, 3.63) is 35.4 Å². The molecule has 1 aromatic rings. The van der Waals surface area contributed by atoms with Crippen molar-refractivity contribution in [1.29, 1.82) is 0 Å². The molecule has 0 radical (unpaired) electrons. The third kappa shape index (κ3) is 8.21. The lowest BCUT2D eigenvalue weighted by Crippen LogP contribution is -2.55. The first-order valence-electron chi connectivity index (χ1n) is 10.3. The summed E-state index contributed by atoms with van der Waals surface area (Å²) in [6.07, 6.45) is 4.51. The molecule has 176 valence electrons. The molecule has 32 heavy (non-hydrogen) atoms. The summed E-state index contributed by atoms with van der Waals surface area (Å²) in [4.78, 5) is 39.6. The zero-order chi connectivity index (χ0) is 24.5. The van der Waals surface area contributed by atoms with Crippen LogP contribution in [0.15, 0.2) is 24.3 Å². The van der Waals surface area contributed by atoms with Crippen molar-refractivity contribution < 1.29 is 29.3 Å². The number of rotatable bonds is 9. The zero-order valence-corrected chi connectivity index (χ0v) is 19.2. The fourth-order valence-electron chi connectivity index (χ4n) is 2.91. The van der Waals surface area contributed by atoms with Gasteiger partial charge in [0.2, 0.25) is 11.8 Å². The molecular weight excluding hydrogens is 414 g/mol. The zero-order valence-electron chi connectivity index (χ0n) is 19.2. The fraction of sp³-hybridized carbons (Fsp3) is 0.522. The number of hydrogen-bond acceptors (Lipinski definition) is 6. The van der Waals surface area contributed by atoms with Gasteiger partial charge in [0, 0.05) is 18.2 Å². The summed E-state index contributed by atoms with van der Waals surface area (Å²) >= 11 is 0. The minimum Gasteiger partial charge on any atom is -0.444 e. The first kappa shape index (κ1) is 26.9. The summed E-state index contributed by atoms with van der Waals surface area (Å²) in [5.74, 6) is 1.25. The van der Waals surface area contributed by atoms with E-state index in [2.05, 4.69) is 16.6 Å². The number of ether oxygens (including phenoxy) is 1. The number of nitrogens with zero attached hydrogens (tertiary/aromatic N) is 1. The van der Waals surface area contributed by atoms with Crippen LogP contribution in [-0.4, -0.2) is 70.5 Å². The van der Waals surface area contributed by atoms with Crippen LogP contribution in [0.25, 0.3) is 0 Å². The predicted octanol–water partition coefficient (Wildman–Crippen LogP) is 0.940. The summed E-state index contributed by atoms with van der Waals surface area (Å²) < 4.78 is 5.15. The van der Waals surface area contributed by atoms with Crippen LogP contribution in [0.3, 0.4) is 0 Å². The van der Waals surface area contributed by atoms with Crippen molar-refractivity contribution >= 4 is 17.9 Å². The van der Waals surface area contributed by atoms with Crippen molar-refractivity contribution in [3.63, 3.8) is 0 Å². The summed E-state index contributed by atoms with van der Waals surface area (Å²) in [5, 5.41) is 24.4. The van der Waals surface area contributed by atoms with E-state index >= 15 is 0 Å². The Bertz CT molecular complexity index is 824. The van der Waals surface area contributed by atoms with Gasteiger partial charge in [-0.2, -0.15) is 0 Å². The molecule has 2 atom stereocenters. The molecule has 9 nitrogen and oxygen atoms in total. The lowest BCUT2D eigenvalue weighted by molar-refractivity contribution is -0.144. The van der Waals surface area contributed by atoms with Crippen LogP contribution in [0.1, 0.15) is 51.8 Å². The van der Waals surface area contributed by atoms with E-state index < -0.39 is 48.8 Å². The third-order valence-corrected chi connectivity index (χ3v) is 4.18. The van der Waals surface area contributed by atoms with Gasteiger partial charge in [-0.15, -0.1) is 6.42 Å². The van der Waals surface area contributed by atoms with Gasteiger partial charge in [0.05, 0.1) is 13.2 Å². The number of carbonyl (C=O) groups excluding carboxylic acids is 3. The molecule has 4 N–H and O–H groups in total. The molecule has 0 heterocycles. The van der Waals surface area contributed by atoms with Crippen LogP contribution in [0.2, 0.25) is 0 Å². The summed E-state index contributed by atoms with van der Waals surface area (Å²) in [5.41, 5.74) is 0.241. The molecule has 2 unspecified atom stereocenters. The standard InChI is InChI=1S/C23H33N3O6/c1-7-16-8-10-17(11-9-16)19(20(29)24-15(2)3)26(12-13-27)21(30)18(14-28)25-22(31)32-23(4,5)6/h1,8-11,15,18-19,27-28H,12-14H2,2-6H3,(H,24,29)(H,25,31). The van der Waals surface area contributed by atoms with Crippen molar-refractivity contribution in [2.75, 3.05) is 19.8 Å². The highest BCUT2D eigenvalue weighted by Crippen LogP contribution is 2.23. The van der Waals surface area contributed by atoms with Crippen molar-refractivity contribution in [1.82, 2.24) is 15.5 Å². The topological polar surface area (TPSA) is 128 Å². The van der Waals surface area contributed by atoms with E-state index in [1.165, 1.54) is 0 Å². The Morgan fingerprint density at radius 1 is 1.12 bits per heavy atom. The molecule has 0 aliphatic carbocycles. The maximum Gasteiger partial charge on any atom is 0.408 e. The number of alkyl carbamates (subject to hydrolysis) is 1. The minimum absolute atomic E-state index is 0.210. The van der Waals surface area contributed by atoms with E-state index in [9.17, 15) is 24.6 Å². The van der Waals surface area contributed by atoms with Crippen LogP contribution in [0.5, 0.6) is 0 Å². The molecule has 0 spiro atoms. The molecule has 0 bridgehead atoms. The third-order valence-electron chi connectivity index (χ3n) is 4.18.